The van der Waals surface area contributed by atoms with Crippen LogP contribution in [0.1, 0.15) is 37.6 Å². The molecule has 51 heavy (non-hydrogen) atoms. The molecular weight excluding hydrogens is 664 g/mol. The van der Waals surface area contributed by atoms with Crippen LogP contribution in [0.5, 0.6) is 5.88 Å². The van der Waals surface area contributed by atoms with E-state index < -0.39 is 61.5 Å². The molecule has 4 aromatic rings. The first-order valence-electron chi connectivity index (χ1n) is 16.5. The number of aromatic nitrogens is 4. The Bertz CT molecular complexity index is 2010. The zero-order valence-corrected chi connectivity index (χ0v) is 28.5. The van der Waals surface area contributed by atoms with Crippen molar-refractivity contribution in [1.29, 1.82) is 5.26 Å². The third kappa shape index (κ3) is 5.61. The number of anilines is 1. The Labute approximate surface area is 292 Å². The predicted octanol–water partition coefficient (Wildman–Crippen LogP) is 3.87. The van der Waals surface area contributed by atoms with Gasteiger partial charge in [-0.05, 0) is 38.5 Å². The van der Waals surface area contributed by atoms with E-state index in [1.165, 1.54) is 24.0 Å². The molecule has 4 aromatic heterocycles. The van der Waals surface area contributed by atoms with Crippen molar-refractivity contribution in [2.75, 3.05) is 45.0 Å². The third-order valence-electron chi connectivity index (χ3n) is 9.68. The minimum atomic E-state index is -1.37. The number of rotatable bonds is 6. The zero-order valence-electron chi connectivity index (χ0n) is 28.5. The van der Waals surface area contributed by atoms with Crippen LogP contribution in [-0.4, -0.2) is 116 Å². The first-order chi connectivity index (χ1) is 24.4. The molecule has 16 heteroatoms. The van der Waals surface area contributed by atoms with Gasteiger partial charge >= 0.3 is 12.1 Å². The quantitative estimate of drug-likeness (QED) is 0.312. The van der Waals surface area contributed by atoms with Gasteiger partial charge in [-0.2, -0.15) is 10.4 Å². The van der Waals surface area contributed by atoms with Crippen LogP contribution in [-0.2, 0) is 16.8 Å². The van der Waals surface area contributed by atoms with Crippen LogP contribution in [0, 0.1) is 11.3 Å². The first-order valence-corrected chi connectivity index (χ1v) is 16.5. The van der Waals surface area contributed by atoms with Gasteiger partial charge in [0.1, 0.15) is 31.2 Å². The van der Waals surface area contributed by atoms with Crippen molar-refractivity contribution < 1.29 is 33.0 Å². The maximum Gasteiger partial charge on any atom is 0.418 e. The van der Waals surface area contributed by atoms with Crippen molar-refractivity contribution in [2.45, 2.75) is 56.8 Å². The topological polar surface area (TPSA) is 153 Å². The highest BCUT2D eigenvalue weighted by atomic mass is 19.1. The van der Waals surface area contributed by atoms with Gasteiger partial charge in [-0.15, -0.1) is 0 Å². The number of imide groups is 1. The number of β-amino-alcohol motifs (C(OH)–C–C–N with tert-alkyl or cyclic N) is 1. The lowest BCUT2D eigenvalue weighted by molar-refractivity contribution is -0.120. The molecule has 1 N–H and O–H groups in total. The van der Waals surface area contributed by atoms with Crippen LogP contribution in [0.15, 0.2) is 55.1 Å². The van der Waals surface area contributed by atoms with E-state index in [4.69, 9.17) is 14.5 Å². The molecule has 2 saturated heterocycles. The molecule has 6 aliphatic rings. The second-order valence-electron chi connectivity index (χ2n) is 13.8. The summed E-state index contributed by atoms with van der Waals surface area (Å²) < 4.78 is 41.9. The Morgan fingerprint density at radius 1 is 1.16 bits per heavy atom. The van der Waals surface area contributed by atoms with Crippen LogP contribution in [0.3, 0.4) is 0 Å². The maximum atomic E-state index is 15.8. The minimum Gasteiger partial charge on any atom is -0.481 e. The van der Waals surface area contributed by atoms with Gasteiger partial charge in [-0.1, -0.05) is 12.1 Å². The van der Waals surface area contributed by atoms with Gasteiger partial charge in [0.05, 0.1) is 66.2 Å². The molecule has 10 heterocycles. The minimum absolute atomic E-state index is 0.112. The van der Waals surface area contributed by atoms with Crippen LogP contribution < -0.4 is 9.64 Å². The number of nitriles is 1. The fourth-order valence-corrected chi connectivity index (χ4v) is 7.55. The monoisotopic (exact) mass is 701 g/mol. The zero-order chi connectivity index (χ0) is 36.2. The number of pyridine rings is 3. The SMILES string of the molecule is COc1ccc(CN2C[C@@H](O)[C@@H]3N4C[C@@]32c2ccc(cn2)-c2cc(cn3ncc(C#N)c23)N(C(=O)N(CCF)C(=O)OC(C)(C)C)C4CF)cn1. The van der Waals surface area contributed by atoms with Gasteiger partial charge in [0, 0.05) is 49.2 Å². The van der Waals surface area contributed by atoms with E-state index in [2.05, 4.69) is 21.1 Å². The molecule has 2 fully saturated rings. The number of ether oxygens (including phenoxy) is 2. The Morgan fingerprint density at radius 2 is 1.96 bits per heavy atom. The molecule has 0 saturated carbocycles. The summed E-state index contributed by atoms with van der Waals surface area (Å²) in [6, 6.07) is 9.30. The number of methoxy groups -OCH3 is 1. The number of aliphatic hydroxyl groups excluding tert-OH is 1. The molecular formula is C35H37F2N9O5. The van der Waals surface area contributed by atoms with Gasteiger partial charge in [0.2, 0.25) is 5.88 Å². The number of carbonyl (C=O) groups is 2. The predicted molar refractivity (Wildman–Crippen MR) is 179 cm³/mol. The highest BCUT2D eigenvalue weighted by Gasteiger charge is 2.67. The molecule has 6 bridgehead atoms. The van der Waals surface area contributed by atoms with Gasteiger partial charge in [-0.3, -0.25) is 19.7 Å². The molecule has 2 unspecified atom stereocenters. The number of hydrogen-bond donors (Lipinski definition) is 1. The van der Waals surface area contributed by atoms with Crippen LogP contribution in [0.25, 0.3) is 16.6 Å². The number of alkyl halides is 2. The molecule has 0 aromatic carbocycles. The van der Waals surface area contributed by atoms with E-state index in [0.29, 0.717) is 39.7 Å². The highest BCUT2D eigenvalue weighted by Crippen LogP contribution is 2.52. The number of amides is 3. The number of halogens is 2. The second kappa shape index (κ2) is 12.8. The molecule has 1 spiro atoms. The Morgan fingerprint density at radius 3 is 2.59 bits per heavy atom. The molecule has 10 rings (SSSR count). The second-order valence-corrected chi connectivity index (χ2v) is 13.8. The number of fused-ring (bicyclic) bond motifs is 1. The van der Waals surface area contributed by atoms with E-state index in [0.717, 1.165) is 10.5 Å². The summed E-state index contributed by atoms with van der Waals surface area (Å²) in [5, 5.41) is 26.0. The first kappa shape index (κ1) is 34.2. The molecule has 266 valence electrons. The maximum absolute atomic E-state index is 15.8. The van der Waals surface area contributed by atoms with Crippen molar-refractivity contribution in [3.8, 4) is 23.1 Å². The lowest BCUT2D eigenvalue weighted by Gasteiger charge is -2.60. The van der Waals surface area contributed by atoms with E-state index >= 15 is 4.39 Å². The normalized spacial score (nSPS) is 23.8. The van der Waals surface area contributed by atoms with Crippen molar-refractivity contribution in [3.63, 3.8) is 0 Å². The summed E-state index contributed by atoms with van der Waals surface area (Å²) in [5.74, 6) is 0.452. The molecule has 5 atom stereocenters. The number of nitrogens with zero attached hydrogens (tertiary/aromatic N) is 9. The average Bonchev–Trinajstić information content (AvgIpc) is 3.60. The van der Waals surface area contributed by atoms with Gasteiger partial charge in [-0.25, -0.2) is 32.8 Å². The standard InChI is InChI=1S/C35H37F2N9O5/c1-34(2,3)51-33(49)43(10-9-36)32(48)46-24-11-25(30-23(13-38)16-41-45(30)18-24)22-6-7-27(39-15-22)35-20-44(29(46)12-37)31(35)26(47)19-42(35)17-21-5-8-28(50-4)40-14-21/h5-8,11,14-16,18,26,29,31,47H,9-10,12,17,19-20H2,1-4H3/t26-,29?,31+,35-/m1/s1. The number of likely N-dealkylation sites (tertiary alicyclic amines) is 1. The number of urea groups is 1. The summed E-state index contributed by atoms with van der Waals surface area (Å²) in [4.78, 5) is 42.7. The van der Waals surface area contributed by atoms with E-state index in [1.807, 2.05) is 18.2 Å². The van der Waals surface area contributed by atoms with E-state index in [-0.39, 0.29) is 24.3 Å². The lowest BCUT2D eigenvalue weighted by atomic mass is 9.75. The van der Waals surface area contributed by atoms with Crippen molar-refractivity contribution >= 4 is 23.3 Å². The number of hydrogen-bond acceptors (Lipinski definition) is 11. The van der Waals surface area contributed by atoms with Gasteiger partial charge in [0.15, 0.2) is 0 Å². The summed E-state index contributed by atoms with van der Waals surface area (Å²) in [6.07, 6.45) is 2.71. The third-order valence-corrected chi connectivity index (χ3v) is 9.68. The van der Waals surface area contributed by atoms with Crippen LogP contribution >= 0.6 is 0 Å². The number of aliphatic hydroxyl groups is 1. The Hall–Kier alpha value is -5.24. The number of carbonyl (C=O) groups excluding carboxylic acids is 2. The molecule has 0 aliphatic carbocycles. The molecule has 3 amide bonds. The summed E-state index contributed by atoms with van der Waals surface area (Å²) >= 11 is 0. The van der Waals surface area contributed by atoms with Gasteiger partial charge < -0.3 is 14.6 Å². The fraction of sp³-hybridized carbons (Fsp3) is 0.429. The smallest absolute Gasteiger partial charge is 0.418 e. The molecule has 0 radical (unpaired) electrons. The summed E-state index contributed by atoms with van der Waals surface area (Å²) in [5.41, 5.74) is 1.37. The summed E-state index contributed by atoms with van der Waals surface area (Å²) in [6.45, 7) is 2.71. The van der Waals surface area contributed by atoms with Crippen molar-refractivity contribution in [3.05, 3.63) is 71.9 Å². The Kier molecular flexibility index (Phi) is 8.60. The fourth-order valence-electron chi connectivity index (χ4n) is 7.55. The van der Waals surface area contributed by atoms with E-state index in [1.54, 1.807) is 50.2 Å². The van der Waals surface area contributed by atoms with E-state index in [9.17, 15) is 24.3 Å². The average molecular weight is 702 g/mol. The van der Waals surface area contributed by atoms with Crippen LogP contribution in [0.2, 0.25) is 0 Å². The highest BCUT2D eigenvalue weighted by molar-refractivity contribution is 6.02. The lowest BCUT2D eigenvalue weighted by Crippen LogP contribution is -2.77. The van der Waals surface area contributed by atoms with Gasteiger partial charge in [0.25, 0.3) is 0 Å². The molecule has 6 aliphatic heterocycles. The summed E-state index contributed by atoms with van der Waals surface area (Å²) in [7, 11) is 1.53. The molecule has 14 nitrogen and oxygen atoms in total. The van der Waals surface area contributed by atoms with Crippen molar-refractivity contribution in [2.24, 2.45) is 0 Å². The van der Waals surface area contributed by atoms with Crippen molar-refractivity contribution in [1.82, 2.24) is 34.3 Å². The van der Waals surface area contributed by atoms with Crippen LogP contribution in [0.4, 0.5) is 24.1 Å². The Balaban J connectivity index is 1.41. The largest absolute Gasteiger partial charge is 0.481 e.